The van der Waals surface area contributed by atoms with E-state index in [1.807, 2.05) is 0 Å². The van der Waals surface area contributed by atoms with Crippen molar-refractivity contribution in [2.24, 2.45) is 0 Å². The van der Waals surface area contributed by atoms with Crippen molar-refractivity contribution in [3.05, 3.63) is 50.6 Å². The van der Waals surface area contributed by atoms with Crippen LogP contribution >= 0.6 is 27.3 Å². The second-order valence-electron chi connectivity index (χ2n) is 3.37. The third-order valence-electron chi connectivity index (χ3n) is 2.21. The van der Waals surface area contributed by atoms with E-state index in [1.165, 1.54) is 23.5 Å². The molecule has 1 heterocycles. The van der Waals surface area contributed by atoms with Gasteiger partial charge in [-0.2, -0.15) is 0 Å². The van der Waals surface area contributed by atoms with E-state index in [9.17, 15) is 9.50 Å². The van der Waals surface area contributed by atoms with E-state index >= 15 is 0 Å². The molecule has 1 aromatic heterocycles. The second kappa shape index (κ2) is 5.03. The lowest BCUT2D eigenvalue weighted by molar-refractivity contribution is 0.174. The molecule has 1 N–H and O–H groups in total. The van der Waals surface area contributed by atoms with Gasteiger partial charge in [0.05, 0.1) is 11.2 Å². The van der Waals surface area contributed by atoms with Crippen molar-refractivity contribution in [1.82, 2.24) is 4.98 Å². The first-order chi connectivity index (χ1) is 7.66. The Bertz CT molecular complexity index is 475. The fraction of sp³-hybridized carbons (Fsp3) is 0.182. The number of hydrogen-bond donors (Lipinski definition) is 1. The van der Waals surface area contributed by atoms with Gasteiger partial charge in [0.15, 0.2) is 0 Å². The van der Waals surface area contributed by atoms with Gasteiger partial charge in [-0.15, -0.1) is 11.3 Å². The molecule has 0 bridgehead atoms. The van der Waals surface area contributed by atoms with Crippen LogP contribution in [0.4, 0.5) is 4.39 Å². The zero-order valence-corrected chi connectivity index (χ0v) is 10.6. The minimum Gasteiger partial charge on any atom is -0.386 e. The Morgan fingerprint density at radius 2 is 2.31 bits per heavy atom. The number of rotatable bonds is 3. The van der Waals surface area contributed by atoms with Gasteiger partial charge in [0.2, 0.25) is 0 Å². The number of aliphatic hydroxyl groups is 1. The van der Waals surface area contributed by atoms with Crippen molar-refractivity contribution in [3.63, 3.8) is 0 Å². The first kappa shape index (κ1) is 11.7. The molecule has 2 nitrogen and oxygen atoms in total. The summed E-state index contributed by atoms with van der Waals surface area (Å²) >= 11 is 4.76. The van der Waals surface area contributed by atoms with Crippen molar-refractivity contribution in [1.29, 1.82) is 0 Å². The summed E-state index contributed by atoms with van der Waals surface area (Å²) in [5.41, 5.74) is 3.03. The molecule has 84 valence electrons. The summed E-state index contributed by atoms with van der Waals surface area (Å²) in [6, 6.07) is 4.43. The van der Waals surface area contributed by atoms with Gasteiger partial charge in [0.25, 0.3) is 0 Å². The monoisotopic (exact) mass is 301 g/mol. The van der Waals surface area contributed by atoms with Gasteiger partial charge in [0, 0.05) is 16.3 Å². The van der Waals surface area contributed by atoms with E-state index < -0.39 is 6.10 Å². The van der Waals surface area contributed by atoms with Gasteiger partial charge >= 0.3 is 0 Å². The average molecular weight is 302 g/mol. The van der Waals surface area contributed by atoms with Crippen LogP contribution in [0, 0.1) is 5.82 Å². The van der Waals surface area contributed by atoms with Crippen molar-refractivity contribution >= 4 is 27.3 Å². The number of benzene rings is 1. The van der Waals surface area contributed by atoms with Gasteiger partial charge in [-0.05, 0) is 23.8 Å². The molecule has 0 fully saturated rings. The normalized spacial score (nSPS) is 12.7. The number of aromatic nitrogens is 1. The predicted molar refractivity (Wildman–Crippen MR) is 64.9 cm³/mol. The molecule has 1 aromatic carbocycles. The maximum absolute atomic E-state index is 13.0. The van der Waals surface area contributed by atoms with Gasteiger partial charge < -0.3 is 5.11 Å². The lowest BCUT2D eigenvalue weighted by Gasteiger charge is -2.09. The highest BCUT2D eigenvalue weighted by molar-refractivity contribution is 9.10. The molecule has 16 heavy (non-hydrogen) atoms. The molecule has 2 aromatic rings. The average Bonchev–Trinajstić information content (AvgIpc) is 2.76. The third-order valence-corrected chi connectivity index (χ3v) is 3.59. The molecule has 0 amide bonds. The van der Waals surface area contributed by atoms with Crippen LogP contribution in [0.5, 0.6) is 0 Å². The van der Waals surface area contributed by atoms with Crippen LogP contribution < -0.4 is 0 Å². The van der Waals surface area contributed by atoms with Crippen molar-refractivity contribution < 1.29 is 9.50 Å². The molecule has 0 radical (unpaired) electrons. The largest absolute Gasteiger partial charge is 0.386 e. The molecule has 1 unspecified atom stereocenters. The molecule has 1 atom stereocenters. The van der Waals surface area contributed by atoms with Crippen molar-refractivity contribution in [2.75, 3.05) is 0 Å². The van der Waals surface area contributed by atoms with E-state index in [0.29, 0.717) is 12.1 Å². The minimum atomic E-state index is -0.690. The summed E-state index contributed by atoms with van der Waals surface area (Å²) in [7, 11) is 0. The van der Waals surface area contributed by atoms with Gasteiger partial charge in [-0.3, -0.25) is 0 Å². The zero-order valence-electron chi connectivity index (χ0n) is 8.23. The maximum Gasteiger partial charge on any atom is 0.123 e. The quantitative estimate of drug-likeness (QED) is 0.943. The van der Waals surface area contributed by atoms with E-state index in [0.717, 1.165) is 10.0 Å². The summed E-state index contributed by atoms with van der Waals surface area (Å²) in [4.78, 5) is 4.02. The summed E-state index contributed by atoms with van der Waals surface area (Å²) in [6.45, 7) is 0. The molecule has 0 saturated heterocycles. The Morgan fingerprint density at radius 1 is 1.50 bits per heavy atom. The molecule has 0 aliphatic rings. The van der Waals surface area contributed by atoms with Gasteiger partial charge in [0.1, 0.15) is 11.9 Å². The van der Waals surface area contributed by atoms with E-state index in [1.54, 1.807) is 17.0 Å². The van der Waals surface area contributed by atoms with Crippen molar-refractivity contribution in [2.45, 2.75) is 12.5 Å². The summed E-state index contributed by atoms with van der Waals surface area (Å²) in [5.74, 6) is -0.302. The van der Waals surface area contributed by atoms with E-state index in [4.69, 9.17) is 0 Å². The number of aliphatic hydroxyl groups excluding tert-OH is 1. The van der Waals surface area contributed by atoms with Crippen LogP contribution in [-0.4, -0.2) is 10.1 Å². The summed E-state index contributed by atoms with van der Waals surface area (Å²) in [5, 5.41) is 11.7. The first-order valence-electron chi connectivity index (χ1n) is 4.67. The first-order valence-corrected chi connectivity index (χ1v) is 6.40. The number of nitrogens with zero attached hydrogens (tertiary/aromatic N) is 1. The molecule has 0 saturated carbocycles. The second-order valence-corrected chi connectivity index (χ2v) is 4.94. The van der Waals surface area contributed by atoms with Crippen LogP contribution in [0.3, 0.4) is 0 Å². The van der Waals surface area contributed by atoms with Crippen LogP contribution in [0.1, 0.15) is 17.4 Å². The van der Waals surface area contributed by atoms with Crippen LogP contribution in [0.15, 0.2) is 33.6 Å². The molecule has 5 heteroatoms. The van der Waals surface area contributed by atoms with Crippen LogP contribution in [-0.2, 0) is 6.42 Å². The number of thiazole rings is 1. The highest BCUT2D eigenvalue weighted by Crippen LogP contribution is 2.24. The highest BCUT2D eigenvalue weighted by atomic mass is 79.9. The Morgan fingerprint density at radius 3 is 3.00 bits per heavy atom. The zero-order chi connectivity index (χ0) is 11.5. The minimum absolute atomic E-state index is 0.302. The fourth-order valence-electron chi connectivity index (χ4n) is 1.40. The Balaban J connectivity index is 2.17. The van der Waals surface area contributed by atoms with Crippen LogP contribution in [0.2, 0.25) is 0 Å². The van der Waals surface area contributed by atoms with Gasteiger partial charge in [-0.25, -0.2) is 9.37 Å². The standard InChI is InChI=1S/C11H9BrFNOS/c12-9-2-1-8(13)3-7(9)4-11(15)10-5-16-6-14-10/h1-3,5-6,11,15H,4H2. The molecule has 0 spiro atoms. The van der Waals surface area contributed by atoms with Crippen molar-refractivity contribution in [3.8, 4) is 0 Å². The smallest absolute Gasteiger partial charge is 0.123 e. The third kappa shape index (κ3) is 2.66. The summed E-state index contributed by atoms with van der Waals surface area (Å²) < 4.78 is 13.8. The SMILES string of the molecule is OC(Cc1cc(F)ccc1Br)c1cscn1. The van der Waals surface area contributed by atoms with Crippen LogP contribution in [0.25, 0.3) is 0 Å². The topological polar surface area (TPSA) is 33.1 Å². The lowest BCUT2D eigenvalue weighted by Crippen LogP contribution is -2.03. The molecular formula is C11H9BrFNOS. The Kier molecular flexibility index (Phi) is 3.68. The maximum atomic E-state index is 13.0. The molecular weight excluding hydrogens is 293 g/mol. The lowest BCUT2D eigenvalue weighted by atomic mass is 10.1. The Hall–Kier alpha value is -0.780. The van der Waals surface area contributed by atoms with E-state index in [-0.39, 0.29) is 5.82 Å². The molecule has 0 aliphatic heterocycles. The number of hydrogen-bond acceptors (Lipinski definition) is 3. The van der Waals surface area contributed by atoms with Gasteiger partial charge in [-0.1, -0.05) is 15.9 Å². The molecule has 0 aliphatic carbocycles. The predicted octanol–water partition coefficient (Wildman–Crippen LogP) is 3.32. The number of halogens is 2. The summed E-state index contributed by atoms with van der Waals surface area (Å²) in [6.07, 6.45) is -0.341. The van der Waals surface area contributed by atoms with E-state index in [2.05, 4.69) is 20.9 Å². The molecule has 2 rings (SSSR count). The fourth-order valence-corrected chi connectivity index (χ4v) is 2.41. The highest BCUT2D eigenvalue weighted by Gasteiger charge is 2.12. The Labute approximate surface area is 105 Å².